The first kappa shape index (κ1) is 34.0. The highest BCUT2D eigenvalue weighted by Crippen LogP contribution is 2.37. The van der Waals surface area contributed by atoms with E-state index in [0.717, 1.165) is 10.0 Å². The Balaban J connectivity index is 1.53. The molecule has 2 heterocycles. The van der Waals surface area contributed by atoms with Gasteiger partial charge in [0.05, 0.1) is 45.0 Å². The molecule has 4 aromatic carbocycles. The number of esters is 1. The normalized spacial score (nSPS) is 14.2. The number of carbonyl (C=O) groups excluding carboxylic acids is 1. The van der Waals surface area contributed by atoms with Gasteiger partial charge in [-0.25, -0.2) is 9.79 Å². The fourth-order valence-corrected chi connectivity index (χ4v) is 7.78. The number of benzene rings is 4. The lowest BCUT2D eigenvalue weighted by molar-refractivity contribution is -0.384. The number of nitro groups is 1. The highest BCUT2D eigenvalue weighted by molar-refractivity contribution is 9.11. The molecule has 6 rings (SSSR count). The summed E-state index contributed by atoms with van der Waals surface area (Å²) in [5.74, 6) is 0.453. The van der Waals surface area contributed by atoms with E-state index in [1.165, 1.54) is 28.0 Å². The lowest BCUT2D eigenvalue weighted by Gasteiger charge is -2.26. The van der Waals surface area contributed by atoms with Gasteiger partial charge in [-0.1, -0.05) is 69.7 Å². The highest BCUT2D eigenvalue weighted by Gasteiger charge is 2.35. The summed E-state index contributed by atoms with van der Waals surface area (Å²) < 4.78 is 20.5. The number of carbonyl (C=O) groups is 1. The minimum Gasteiger partial charge on any atom is -0.497 e. The highest BCUT2D eigenvalue weighted by atomic mass is 79.9. The van der Waals surface area contributed by atoms with Crippen molar-refractivity contribution < 1.29 is 23.9 Å². The lowest BCUT2D eigenvalue weighted by Crippen LogP contribution is -2.40. The number of nitrogens with zero attached hydrogens (tertiary/aromatic N) is 3. The third-order valence-corrected chi connectivity index (χ3v) is 9.67. The zero-order chi connectivity index (χ0) is 34.7. The monoisotopic (exact) mass is 803 g/mol. The van der Waals surface area contributed by atoms with Crippen LogP contribution < -0.4 is 24.4 Å². The molecule has 13 heteroatoms. The van der Waals surface area contributed by atoms with Crippen LogP contribution >= 0.6 is 43.2 Å². The smallest absolute Gasteiger partial charge is 0.338 e. The Kier molecular flexibility index (Phi) is 10.2. The van der Waals surface area contributed by atoms with Crippen LogP contribution in [0.4, 0.5) is 5.69 Å². The van der Waals surface area contributed by atoms with Gasteiger partial charge in [0.2, 0.25) is 0 Å². The van der Waals surface area contributed by atoms with Crippen molar-refractivity contribution in [1.82, 2.24) is 4.57 Å². The van der Waals surface area contributed by atoms with Gasteiger partial charge >= 0.3 is 5.97 Å². The van der Waals surface area contributed by atoms with Gasteiger partial charge < -0.3 is 14.2 Å². The second kappa shape index (κ2) is 14.7. The molecule has 0 aliphatic carbocycles. The summed E-state index contributed by atoms with van der Waals surface area (Å²) in [6, 6.07) is 25.5. The Morgan fingerprint density at radius 1 is 1.04 bits per heavy atom. The van der Waals surface area contributed by atoms with Crippen molar-refractivity contribution >= 4 is 66.6 Å². The zero-order valence-corrected chi connectivity index (χ0v) is 30.1. The van der Waals surface area contributed by atoms with E-state index in [1.807, 2.05) is 54.6 Å². The molecule has 1 aliphatic heterocycles. The Bertz CT molecular complexity index is 2280. The third kappa shape index (κ3) is 7.14. The summed E-state index contributed by atoms with van der Waals surface area (Å²) in [7, 11) is 1.56. The van der Waals surface area contributed by atoms with Gasteiger partial charge in [0.1, 0.15) is 18.1 Å². The van der Waals surface area contributed by atoms with Crippen molar-refractivity contribution in [3.8, 4) is 11.5 Å². The molecular formula is C36H27Br2N3O7S. The van der Waals surface area contributed by atoms with E-state index in [1.54, 1.807) is 44.4 Å². The standard InChI is InChI=1S/C36H27Br2N3O7S/c1-3-47-35(43)30-31(22-8-5-4-6-9-22)39-36-40(32(30)23-10-7-11-27(17-23)46-2)34(42)29(49-36)18-24-16-25(37)19-28(38)33(24)48-20-21-12-14-26(15-13-21)41(44)45/h4-19,32H,3,20H2,1-2H3/b29-18-/t32-/m0/s1. The van der Waals surface area contributed by atoms with E-state index >= 15 is 0 Å². The Hall–Kier alpha value is -4.85. The summed E-state index contributed by atoms with van der Waals surface area (Å²) >= 11 is 8.32. The lowest BCUT2D eigenvalue weighted by atomic mass is 9.93. The molecule has 1 aliphatic rings. The third-order valence-electron chi connectivity index (χ3n) is 7.64. The van der Waals surface area contributed by atoms with Crippen LogP contribution in [0.3, 0.4) is 0 Å². The van der Waals surface area contributed by atoms with E-state index in [0.29, 0.717) is 47.7 Å². The number of non-ortho nitro benzene ring substituents is 1. The van der Waals surface area contributed by atoms with Crippen molar-refractivity contribution in [1.29, 1.82) is 0 Å². The number of thiazole rings is 1. The molecule has 1 atom stereocenters. The fourth-order valence-electron chi connectivity index (χ4n) is 5.42. The van der Waals surface area contributed by atoms with Crippen LogP contribution in [0.1, 0.15) is 35.2 Å². The summed E-state index contributed by atoms with van der Waals surface area (Å²) in [5.41, 5.74) is 2.95. The molecule has 0 spiro atoms. The quantitative estimate of drug-likeness (QED) is 0.0851. The molecule has 10 nitrogen and oxygen atoms in total. The first-order chi connectivity index (χ1) is 23.7. The number of halogens is 2. The topological polar surface area (TPSA) is 122 Å². The van der Waals surface area contributed by atoms with Gasteiger partial charge in [0.15, 0.2) is 4.80 Å². The van der Waals surface area contributed by atoms with Gasteiger partial charge in [-0.15, -0.1) is 0 Å². The van der Waals surface area contributed by atoms with Crippen molar-refractivity contribution in [3.63, 3.8) is 0 Å². The molecule has 0 saturated carbocycles. The van der Waals surface area contributed by atoms with Crippen molar-refractivity contribution in [2.45, 2.75) is 19.6 Å². The number of hydrogen-bond acceptors (Lipinski definition) is 9. The van der Waals surface area contributed by atoms with E-state index in [9.17, 15) is 19.7 Å². The van der Waals surface area contributed by atoms with E-state index in [-0.39, 0.29) is 30.0 Å². The van der Waals surface area contributed by atoms with Gasteiger partial charge in [0.25, 0.3) is 11.2 Å². The van der Waals surface area contributed by atoms with E-state index in [4.69, 9.17) is 19.2 Å². The number of hydrogen-bond donors (Lipinski definition) is 0. The number of rotatable bonds is 10. The molecule has 49 heavy (non-hydrogen) atoms. The van der Waals surface area contributed by atoms with Gasteiger partial charge in [-0.05, 0) is 76.5 Å². The SMILES string of the molecule is CCOC(=O)C1=C(c2ccccc2)N=c2s/c(=C\c3cc(Br)cc(Br)c3OCc3ccc([N+](=O)[O-])cc3)c(=O)n2[C@H]1c1cccc(OC)c1. The van der Waals surface area contributed by atoms with Gasteiger partial charge in [0, 0.05) is 27.7 Å². The number of fused-ring (bicyclic) bond motifs is 1. The maximum absolute atomic E-state index is 14.4. The molecule has 248 valence electrons. The molecule has 0 N–H and O–H groups in total. The van der Waals surface area contributed by atoms with Crippen molar-refractivity contribution in [2.24, 2.45) is 4.99 Å². The van der Waals surface area contributed by atoms with Crippen LogP contribution in [0, 0.1) is 10.1 Å². The van der Waals surface area contributed by atoms with Crippen molar-refractivity contribution in [2.75, 3.05) is 13.7 Å². The maximum atomic E-state index is 14.4. The predicted molar refractivity (Wildman–Crippen MR) is 193 cm³/mol. The van der Waals surface area contributed by atoms with E-state index < -0.39 is 16.9 Å². The molecule has 1 aromatic heterocycles. The minimum atomic E-state index is -0.866. The second-order valence-electron chi connectivity index (χ2n) is 10.7. The summed E-state index contributed by atoms with van der Waals surface area (Å²) in [6.07, 6.45) is 1.73. The Morgan fingerprint density at radius 2 is 1.80 bits per heavy atom. The molecule has 0 radical (unpaired) electrons. The fraction of sp³-hybridized carbons (Fsp3) is 0.139. The average Bonchev–Trinajstić information content (AvgIpc) is 3.41. The van der Waals surface area contributed by atoms with Crippen LogP contribution in [0.15, 0.2) is 115 Å². The summed E-state index contributed by atoms with van der Waals surface area (Å²) in [4.78, 5) is 44.1. The molecule has 0 saturated heterocycles. The number of nitro benzene ring substituents is 1. The Labute approximate surface area is 301 Å². The molecule has 5 aromatic rings. The number of aromatic nitrogens is 1. The Morgan fingerprint density at radius 3 is 2.49 bits per heavy atom. The average molecular weight is 806 g/mol. The number of methoxy groups -OCH3 is 1. The summed E-state index contributed by atoms with van der Waals surface area (Å²) in [5, 5.41) is 11.1. The largest absolute Gasteiger partial charge is 0.497 e. The predicted octanol–water partition coefficient (Wildman–Crippen LogP) is 6.96. The molecule has 0 bridgehead atoms. The first-order valence-electron chi connectivity index (χ1n) is 15.0. The van der Waals surface area contributed by atoms with Crippen LogP contribution in [0.25, 0.3) is 11.8 Å². The van der Waals surface area contributed by atoms with Crippen LogP contribution in [-0.2, 0) is 16.1 Å². The molecule has 0 unspecified atom stereocenters. The first-order valence-corrected chi connectivity index (χ1v) is 17.4. The van der Waals surface area contributed by atoms with Crippen LogP contribution in [-0.4, -0.2) is 29.2 Å². The van der Waals surface area contributed by atoms with E-state index in [2.05, 4.69) is 31.9 Å². The van der Waals surface area contributed by atoms with Gasteiger partial charge in [-0.2, -0.15) is 0 Å². The van der Waals surface area contributed by atoms with Crippen LogP contribution in [0.5, 0.6) is 11.5 Å². The number of ether oxygens (including phenoxy) is 3. The molecule has 0 amide bonds. The molecular weight excluding hydrogens is 778 g/mol. The van der Waals surface area contributed by atoms with Crippen molar-refractivity contribution in [3.05, 3.63) is 158 Å². The second-order valence-corrected chi connectivity index (χ2v) is 13.5. The maximum Gasteiger partial charge on any atom is 0.338 e. The zero-order valence-electron chi connectivity index (χ0n) is 26.1. The van der Waals surface area contributed by atoms with Crippen LogP contribution in [0.2, 0.25) is 0 Å². The minimum absolute atomic E-state index is 0.0153. The summed E-state index contributed by atoms with van der Waals surface area (Å²) in [6.45, 7) is 1.99. The van der Waals surface area contributed by atoms with Gasteiger partial charge in [-0.3, -0.25) is 19.5 Å². The molecule has 0 fully saturated rings.